The third kappa shape index (κ3) is 3.12. The first-order valence-electron chi connectivity index (χ1n) is 6.03. The Morgan fingerprint density at radius 2 is 2.25 bits per heavy atom. The Kier molecular flexibility index (Phi) is 4.66. The van der Waals surface area contributed by atoms with Crippen molar-refractivity contribution in [3.05, 3.63) is 28.8 Å². The van der Waals surface area contributed by atoms with E-state index in [1.807, 2.05) is 6.92 Å². The van der Waals surface area contributed by atoms with Gasteiger partial charge in [0.15, 0.2) is 0 Å². The summed E-state index contributed by atoms with van der Waals surface area (Å²) in [5.74, 6) is 0. The highest BCUT2D eigenvalue weighted by molar-refractivity contribution is 7.89. The van der Waals surface area contributed by atoms with Crippen molar-refractivity contribution in [2.24, 2.45) is 5.73 Å². The molecule has 0 spiro atoms. The van der Waals surface area contributed by atoms with E-state index in [9.17, 15) is 8.42 Å². The van der Waals surface area contributed by atoms with Crippen molar-refractivity contribution < 1.29 is 13.2 Å². The van der Waals surface area contributed by atoms with Gasteiger partial charge in [-0.3, -0.25) is 0 Å². The monoisotopic (exact) mass is 334 g/mol. The van der Waals surface area contributed by atoms with Gasteiger partial charge in [0.25, 0.3) is 0 Å². The summed E-state index contributed by atoms with van der Waals surface area (Å²) in [7, 11) is -3.58. The fourth-order valence-electron chi connectivity index (χ4n) is 2.01. The molecule has 2 N–H and O–H groups in total. The lowest BCUT2D eigenvalue weighted by Crippen LogP contribution is -2.44. The Bertz CT molecular complexity index is 634. The van der Waals surface area contributed by atoms with Gasteiger partial charge in [-0.25, -0.2) is 8.42 Å². The van der Waals surface area contributed by atoms with E-state index in [1.165, 1.54) is 22.5 Å². The molecule has 2 rings (SSSR count). The van der Waals surface area contributed by atoms with Crippen molar-refractivity contribution in [1.82, 2.24) is 4.31 Å². The Morgan fingerprint density at radius 1 is 1.55 bits per heavy atom. The van der Waals surface area contributed by atoms with Gasteiger partial charge in [-0.05, 0) is 25.1 Å². The molecule has 110 valence electrons. The van der Waals surface area contributed by atoms with Gasteiger partial charge in [-0.15, -0.1) is 0 Å². The molecule has 0 aliphatic carbocycles. The number of benzene rings is 1. The molecule has 1 atom stereocenters. The smallest absolute Gasteiger partial charge is 0.243 e. The molecule has 1 saturated heterocycles. The largest absolute Gasteiger partial charge is 0.389 e. The standard InChI is InChI=1S/C12H15ClN2O3S2/c1-8-7-15(4-5-18-8)20(16,17)9-2-3-10(12(14)19)11(13)6-9/h2-3,6,8H,4-5,7H2,1H3,(H2,14,19). The maximum absolute atomic E-state index is 12.5. The second kappa shape index (κ2) is 5.95. The third-order valence-electron chi connectivity index (χ3n) is 3.05. The molecule has 1 unspecified atom stereocenters. The molecule has 5 nitrogen and oxygen atoms in total. The van der Waals surface area contributed by atoms with Crippen molar-refractivity contribution in [3.8, 4) is 0 Å². The van der Waals surface area contributed by atoms with E-state index in [4.69, 9.17) is 34.3 Å². The van der Waals surface area contributed by atoms with E-state index in [0.29, 0.717) is 25.3 Å². The summed E-state index contributed by atoms with van der Waals surface area (Å²) in [6.07, 6.45) is -0.120. The van der Waals surface area contributed by atoms with Gasteiger partial charge in [0.2, 0.25) is 10.0 Å². The van der Waals surface area contributed by atoms with Crippen LogP contribution in [0.3, 0.4) is 0 Å². The lowest BCUT2D eigenvalue weighted by molar-refractivity contribution is 0.0102. The molecule has 8 heteroatoms. The molecule has 1 fully saturated rings. The SMILES string of the molecule is CC1CN(S(=O)(=O)c2ccc(C(N)=S)c(Cl)c2)CCO1. The number of thiocarbonyl (C=S) groups is 1. The van der Waals surface area contributed by atoms with E-state index >= 15 is 0 Å². The maximum atomic E-state index is 12.5. The highest BCUT2D eigenvalue weighted by Gasteiger charge is 2.29. The molecule has 0 aromatic heterocycles. The van der Waals surface area contributed by atoms with Gasteiger partial charge >= 0.3 is 0 Å². The number of rotatable bonds is 3. The molecule has 1 aromatic carbocycles. The summed E-state index contributed by atoms with van der Waals surface area (Å²) in [5, 5.41) is 0.236. The van der Waals surface area contributed by atoms with Crippen molar-refractivity contribution >= 4 is 38.8 Å². The van der Waals surface area contributed by atoms with Crippen LogP contribution in [0.15, 0.2) is 23.1 Å². The predicted octanol–water partition coefficient (Wildman–Crippen LogP) is 1.38. The normalized spacial score (nSPS) is 20.8. The number of halogens is 1. The van der Waals surface area contributed by atoms with Crippen LogP contribution in [0, 0.1) is 0 Å². The summed E-state index contributed by atoms with van der Waals surface area (Å²) >= 11 is 10.9. The summed E-state index contributed by atoms with van der Waals surface area (Å²) in [4.78, 5) is 0.274. The molecule has 0 radical (unpaired) electrons. The molecule has 1 aliphatic rings. The summed E-state index contributed by atoms with van der Waals surface area (Å²) in [5.41, 5.74) is 5.97. The number of morpholine rings is 1. The quantitative estimate of drug-likeness (QED) is 0.845. The van der Waals surface area contributed by atoms with Crippen LogP contribution in [0.5, 0.6) is 0 Å². The van der Waals surface area contributed by atoms with Crippen LogP contribution in [0.4, 0.5) is 0 Å². The summed E-state index contributed by atoms with van der Waals surface area (Å²) in [6, 6.07) is 4.38. The van der Waals surface area contributed by atoms with Crippen molar-refractivity contribution in [3.63, 3.8) is 0 Å². The Morgan fingerprint density at radius 3 is 2.80 bits per heavy atom. The van der Waals surface area contributed by atoms with E-state index in [2.05, 4.69) is 0 Å². The van der Waals surface area contributed by atoms with Crippen molar-refractivity contribution in [1.29, 1.82) is 0 Å². The van der Waals surface area contributed by atoms with Crippen LogP contribution in [0.1, 0.15) is 12.5 Å². The first kappa shape index (κ1) is 15.7. The zero-order valence-electron chi connectivity index (χ0n) is 10.9. The molecular weight excluding hydrogens is 320 g/mol. The minimum absolute atomic E-state index is 0.120. The zero-order valence-corrected chi connectivity index (χ0v) is 13.3. The van der Waals surface area contributed by atoms with Crippen molar-refractivity contribution in [2.75, 3.05) is 19.7 Å². The van der Waals surface area contributed by atoms with E-state index in [1.54, 1.807) is 0 Å². The predicted molar refractivity (Wildman–Crippen MR) is 81.5 cm³/mol. The molecule has 0 saturated carbocycles. The van der Waals surface area contributed by atoms with Crippen LogP contribution in [0.2, 0.25) is 5.02 Å². The average molecular weight is 335 g/mol. The third-order valence-corrected chi connectivity index (χ3v) is 5.44. The van der Waals surface area contributed by atoms with Gasteiger partial charge in [-0.2, -0.15) is 4.31 Å². The van der Waals surface area contributed by atoms with E-state index in [-0.39, 0.29) is 21.0 Å². The average Bonchev–Trinajstić information content (AvgIpc) is 2.38. The first-order valence-corrected chi connectivity index (χ1v) is 8.26. The highest BCUT2D eigenvalue weighted by Crippen LogP contribution is 2.24. The van der Waals surface area contributed by atoms with Gasteiger partial charge in [0.1, 0.15) is 4.99 Å². The van der Waals surface area contributed by atoms with Crippen LogP contribution < -0.4 is 5.73 Å². The van der Waals surface area contributed by atoms with Crippen molar-refractivity contribution in [2.45, 2.75) is 17.9 Å². The van der Waals surface area contributed by atoms with Crippen LogP contribution in [-0.4, -0.2) is 43.5 Å². The molecule has 1 aromatic rings. The Balaban J connectivity index is 2.34. The maximum Gasteiger partial charge on any atom is 0.243 e. The Labute approximate surface area is 128 Å². The molecule has 1 heterocycles. The lowest BCUT2D eigenvalue weighted by atomic mass is 10.2. The van der Waals surface area contributed by atoms with E-state index < -0.39 is 10.0 Å². The summed E-state index contributed by atoms with van der Waals surface area (Å²) < 4.78 is 31.8. The fraction of sp³-hybridized carbons (Fsp3) is 0.417. The van der Waals surface area contributed by atoms with Crippen LogP contribution >= 0.6 is 23.8 Å². The molecule has 0 bridgehead atoms. The molecule has 1 aliphatic heterocycles. The second-order valence-corrected chi connectivity index (χ2v) is 7.34. The van der Waals surface area contributed by atoms with Crippen LogP contribution in [0.25, 0.3) is 0 Å². The van der Waals surface area contributed by atoms with Gasteiger partial charge < -0.3 is 10.5 Å². The molecular formula is C12H15ClN2O3S2. The number of nitrogens with zero attached hydrogens (tertiary/aromatic N) is 1. The van der Waals surface area contributed by atoms with Gasteiger partial charge in [0, 0.05) is 18.7 Å². The number of hydrogen-bond acceptors (Lipinski definition) is 4. The minimum atomic E-state index is -3.58. The Hall–Kier alpha value is -0.730. The first-order chi connectivity index (χ1) is 9.32. The topological polar surface area (TPSA) is 72.6 Å². The number of sulfonamides is 1. The second-order valence-electron chi connectivity index (χ2n) is 4.55. The lowest BCUT2D eigenvalue weighted by Gasteiger charge is -2.30. The fourth-order valence-corrected chi connectivity index (χ4v) is 4.12. The molecule has 0 amide bonds. The summed E-state index contributed by atoms with van der Waals surface area (Å²) in [6.45, 7) is 2.89. The van der Waals surface area contributed by atoms with Gasteiger partial charge in [-0.1, -0.05) is 23.8 Å². The number of nitrogens with two attached hydrogens (primary N) is 1. The molecule has 20 heavy (non-hydrogen) atoms. The van der Waals surface area contributed by atoms with E-state index in [0.717, 1.165) is 0 Å². The van der Waals surface area contributed by atoms with Gasteiger partial charge in [0.05, 0.1) is 22.6 Å². The van der Waals surface area contributed by atoms with Crippen LogP contribution in [-0.2, 0) is 14.8 Å². The minimum Gasteiger partial charge on any atom is -0.389 e. The zero-order chi connectivity index (χ0) is 14.9. The number of hydrogen-bond donors (Lipinski definition) is 1. The highest BCUT2D eigenvalue weighted by atomic mass is 35.5. The number of ether oxygens (including phenoxy) is 1.